The molecule has 0 atom stereocenters. The maximum atomic E-state index is 13.3. The van der Waals surface area contributed by atoms with Crippen molar-refractivity contribution in [3.8, 4) is 5.75 Å². The van der Waals surface area contributed by atoms with E-state index in [-0.39, 0.29) is 18.3 Å². The fourth-order valence-corrected chi connectivity index (χ4v) is 4.86. The van der Waals surface area contributed by atoms with Crippen LogP contribution in [0.2, 0.25) is 0 Å². The number of methoxy groups -OCH3 is 1. The highest BCUT2D eigenvalue weighted by Gasteiger charge is 2.21. The highest BCUT2D eigenvalue weighted by molar-refractivity contribution is 7.22. The number of hydrogen-bond donors (Lipinski definition) is 0. The van der Waals surface area contributed by atoms with E-state index >= 15 is 0 Å². The summed E-state index contributed by atoms with van der Waals surface area (Å²) in [4.78, 5) is 22.3. The molecule has 0 spiro atoms. The van der Waals surface area contributed by atoms with E-state index in [1.807, 2.05) is 48.5 Å². The van der Waals surface area contributed by atoms with Gasteiger partial charge in [-0.25, -0.2) is 4.98 Å². The Balaban J connectivity index is 0.00000306. The molecule has 1 aliphatic heterocycles. The van der Waals surface area contributed by atoms with Gasteiger partial charge in [0, 0.05) is 32.3 Å². The Morgan fingerprint density at radius 1 is 1.21 bits per heavy atom. The van der Waals surface area contributed by atoms with Crippen molar-refractivity contribution in [3.63, 3.8) is 0 Å². The maximum absolute atomic E-state index is 13.3. The van der Waals surface area contributed by atoms with Crippen molar-refractivity contribution < 1.29 is 14.3 Å². The number of hydrogen-bond acceptors (Lipinski definition) is 6. The van der Waals surface area contributed by atoms with Crippen LogP contribution in [-0.4, -0.2) is 62.3 Å². The molecule has 1 saturated heterocycles. The summed E-state index contributed by atoms with van der Waals surface area (Å²) in [5.74, 6) is 0.667. The first-order chi connectivity index (χ1) is 15.7. The van der Waals surface area contributed by atoms with Gasteiger partial charge in [-0.1, -0.05) is 47.7 Å². The molecule has 2 aromatic carbocycles. The van der Waals surface area contributed by atoms with Crippen molar-refractivity contribution in [2.45, 2.75) is 13.3 Å². The van der Waals surface area contributed by atoms with Crippen LogP contribution in [0, 0.1) is 6.92 Å². The average Bonchev–Trinajstić information content (AvgIpc) is 3.28. The molecule has 176 valence electrons. The molecule has 4 rings (SSSR count). The first-order valence-corrected chi connectivity index (χ1v) is 11.8. The second kappa shape index (κ2) is 12.1. The van der Waals surface area contributed by atoms with Gasteiger partial charge in [-0.05, 0) is 36.6 Å². The number of aromatic nitrogens is 1. The van der Waals surface area contributed by atoms with E-state index in [1.54, 1.807) is 29.4 Å². The van der Waals surface area contributed by atoms with E-state index in [0.29, 0.717) is 11.7 Å². The summed E-state index contributed by atoms with van der Waals surface area (Å²) in [5.41, 5.74) is 2.94. The van der Waals surface area contributed by atoms with Crippen LogP contribution < -0.4 is 9.64 Å². The molecule has 0 bridgehead atoms. The summed E-state index contributed by atoms with van der Waals surface area (Å²) >= 11 is 1.54. The van der Waals surface area contributed by atoms with Crippen LogP contribution in [0.3, 0.4) is 0 Å². The predicted molar refractivity (Wildman–Crippen MR) is 138 cm³/mol. The normalized spacial score (nSPS) is 14.4. The zero-order valence-electron chi connectivity index (χ0n) is 19.0. The molecule has 1 aliphatic rings. The summed E-state index contributed by atoms with van der Waals surface area (Å²) in [6.45, 7) is 7.04. The minimum Gasteiger partial charge on any atom is -0.494 e. The second-order valence-corrected chi connectivity index (χ2v) is 8.78. The minimum atomic E-state index is -0.0634. The van der Waals surface area contributed by atoms with Crippen LogP contribution in [-0.2, 0) is 9.53 Å². The standard InChI is InChI=1S/C25H29N3O3S.ClH/c1-19-9-11-21(30-2)23-24(19)32-25(26-23)28(14-6-13-27-15-17-31-18-16-27)22(29)12-10-20-7-4-3-5-8-20;/h3-5,7-12H,6,13-18H2,1-2H3;1H/b12-10+;. The van der Waals surface area contributed by atoms with E-state index in [4.69, 9.17) is 14.5 Å². The molecule has 33 heavy (non-hydrogen) atoms. The van der Waals surface area contributed by atoms with Crippen molar-refractivity contribution in [1.82, 2.24) is 9.88 Å². The first kappa shape index (κ1) is 25.2. The first-order valence-electron chi connectivity index (χ1n) is 10.9. The number of benzene rings is 2. The minimum absolute atomic E-state index is 0. The fourth-order valence-electron chi connectivity index (χ4n) is 3.78. The van der Waals surface area contributed by atoms with Crippen LogP contribution in [0.15, 0.2) is 48.5 Å². The molecule has 3 aromatic rings. The van der Waals surface area contributed by atoms with Gasteiger partial charge in [0.25, 0.3) is 5.91 Å². The Morgan fingerprint density at radius 2 is 1.97 bits per heavy atom. The Hall–Kier alpha value is -2.45. The topological polar surface area (TPSA) is 54.9 Å². The van der Waals surface area contributed by atoms with Crippen molar-refractivity contribution in [2.24, 2.45) is 0 Å². The van der Waals surface area contributed by atoms with Gasteiger partial charge >= 0.3 is 0 Å². The number of halogens is 1. The van der Waals surface area contributed by atoms with Crippen molar-refractivity contribution >= 4 is 51.1 Å². The van der Waals surface area contributed by atoms with Gasteiger partial charge in [-0.3, -0.25) is 14.6 Å². The SMILES string of the molecule is COc1ccc(C)c2sc(N(CCCN3CCOCC3)C(=O)/C=C/c3ccccc3)nc12.Cl. The van der Waals surface area contributed by atoms with Crippen LogP contribution in [0.25, 0.3) is 16.3 Å². The smallest absolute Gasteiger partial charge is 0.252 e. The quantitative estimate of drug-likeness (QED) is 0.427. The molecule has 1 aromatic heterocycles. The number of ether oxygens (including phenoxy) is 2. The zero-order chi connectivity index (χ0) is 22.3. The number of nitrogens with zero attached hydrogens (tertiary/aromatic N) is 3. The number of thiazole rings is 1. The van der Waals surface area contributed by atoms with E-state index in [1.165, 1.54) is 0 Å². The van der Waals surface area contributed by atoms with Gasteiger partial charge in [0.2, 0.25) is 0 Å². The number of morpholine rings is 1. The molecule has 1 fully saturated rings. The highest BCUT2D eigenvalue weighted by atomic mass is 35.5. The van der Waals surface area contributed by atoms with E-state index < -0.39 is 0 Å². The lowest BCUT2D eigenvalue weighted by atomic mass is 10.2. The molecule has 1 amide bonds. The van der Waals surface area contributed by atoms with Gasteiger partial charge in [0.1, 0.15) is 11.3 Å². The molecule has 0 N–H and O–H groups in total. The number of rotatable bonds is 8. The summed E-state index contributed by atoms with van der Waals surface area (Å²) in [5, 5.41) is 0.706. The van der Waals surface area contributed by atoms with Gasteiger partial charge in [-0.2, -0.15) is 0 Å². The van der Waals surface area contributed by atoms with E-state index in [2.05, 4.69) is 11.8 Å². The molecule has 0 saturated carbocycles. The molecular weight excluding hydrogens is 458 g/mol. The van der Waals surface area contributed by atoms with E-state index in [0.717, 1.165) is 66.4 Å². The van der Waals surface area contributed by atoms with Gasteiger partial charge in [-0.15, -0.1) is 12.4 Å². The predicted octanol–water partition coefficient (Wildman–Crippen LogP) is 4.80. The summed E-state index contributed by atoms with van der Waals surface area (Å²) in [7, 11) is 1.65. The van der Waals surface area contributed by atoms with Crippen molar-refractivity contribution in [1.29, 1.82) is 0 Å². The number of carbonyl (C=O) groups excluding carboxylic acids is 1. The lowest BCUT2D eigenvalue weighted by molar-refractivity contribution is -0.114. The molecular formula is C25H30ClN3O3S. The largest absolute Gasteiger partial charge is 0.494 e. The van der Waals surface area contributed by atoms with Crippen LogP contribution >= 0.6 is 23.7 Å². The fraction of sp³-hybridized carbons (Fsp3) is 0.360. The lowest BCUT2D eigenvalue weighted by Crippen LogP contribution is -2.39. The van der Waals surface area contributed by atoms with E-state index in [9.17, 15) is 4.79 Å². The number of anilines is 1. The lowest BCUT2D eigenvalue weighted by Gasteiger charge is -2.27. The zero-order valence-corrected chi connectivity index (χ0v) is 20.7. The number of carbonyl (C=O) groups is 1. The van der Waals surface area contributed by atoms with Gasteiger partial charge < -0.3 is 9.47 Å². The van der Waals surface area contributed by atoms with Gasteiger partial charge in [0.05, 0.1) is 25.0 Å². The molecule has 0 radical (unpaired) electrons. The molecule has 0 unspecified atom stereocenters. The van der Waals surface area contributed by atoms with Crippen molar-refractivity contribution in [3.05, 3.63) is 59.7 Å². The van der Waals surface area contributed by atoms with Gasteiger partial charge in [0.15, 0.2) is 5.13 Å². The molecule has 2 heterocycles. The summed E-state index contributed by atoms with van der Waals surface area (Å²) in [6.07, 6.45) is 4.37. The third-order valence-corrected chi connectivity index (χ3v) is 6.80. The maximum Gasteiger partial charge on any atom is 0.252 e. The highest BCUT2D eigenvalue weighted by Crippen LogP contribution is 2.36. The van der Waals surface area contributed by atoms with Crippen molar-refractivity contribution in [2.75, 3.05) is 51.4 Å². The Bertz CT molecular complexity index is 1080. The second-order valence-electron chi connectivity index (χ2n) is 7.80. The summed E-state index contributed by atoms with van der Waals surface area (Å²) in [6, 6.07) is 13.8. The van der Waals surface area contributed by atoms with Crippen LogP contribution in [0.4, 0.5) is 5.13 Å². The third kappa shape index (κ3) is 6.32. The number of amides is 1. The number of aryl methyl sites for hydroxylation is 1. The molecule has 6 nitrogen and oxygen atoms in total. The summed E-state index contributed by atoms with van der Waals surface area (Å²) < 4.78 is 12.0. The van der Waals surface area contributed by atoms with Crippen LogP contribution in [0.5, 0.6) is 5.75 Å². The molecule has 0 aliphatic carbocycles. The average molecular weight is 488 g/mol. The monoisotopic (exact) mass is 487 g/mol. The molecule has 8 heteroatoms. The Kier molecular flexibility index (Phi) is 9.26. The Morgan fingerprint density at radius 3 is 2.70 bits per heavy atom. The van der Waals surface area contributed by atoms with Crippen LogP contribution in [0.1, 0.15) is 17.5 Å². The third-order valence-electron chi connectivity index (χ3n) is 5.59. The number of fused-ring (bicyclic) bond motifs is 1. The Labute approximate surface area is 205 Å².